The minimum absolute atomic E-state index is 0.0908. The molecule has 2 aliphatic rings. The molecule has 1 N–H and O–H groups in total. The van der Waals surface area contributed by atoms with E-state index in [1.54, 1.807) is 0 Å². The van der Waals surface area contributed by atoms with Gasteiger partial charge < -0.3 is 15.1 Å². The lowest BCUT2D eigenvalue weighted by molar-refractivity contribution is -0.132. The van der Waals surface area contributed by atoms with Crippen LogP contribution < -0.4 is 5.32 Å². The molecule has 0 bridgehead atoms. The molecule has 0 spiro atoms. The van der Waals surface area contributed by atoms with Gasteiger partial charge in [-0.15, -0.1) is 0 Å². The number of rotatable bonds is 2. The van der Waals surface area contributed by atoms with Crippen LogP contribution in [0.4, 0.5) is 0 Å². The van der Waals surface area contributed by atoms with E-state index in [9.17, 15) is 4.79 Å². The summed E-state index contributed by atoms with van der Waals surface area (Å²) in [7, 11) is 4.20. The van der Waals surface area contributed by atoms with Crippen molar-refractivity contribution in [2.24, 2.45) is 5.92 Å². The van der Waals surface area contributed by atoms with Crippen LogP contribution in [0.3, 0.4) is 0 Å². The molecular formula is C12H23N3O. The topological polar surface area (TPSA) is 35.6 Å². The van der Waals surface area contributed by atoms with E-state index in [1.165, 1.54) is 0 Å². The monoisotopic (exact) mass is 225 g/mol. The number of hydrogen-bond acceptors (Lipinski definition) is 3. The number of nitrogens with one attached hydrogen (secondary N) is 1. The molecule has 0 aromatic rings. The van der Waals surface area contributed by atoms with Gasteiger partial charge in [0.15, 0.2) is 0 Å². The Morgan fingerprint density at radius 2 is 2.12 bits per heavy atom. The van der Waals surface area contributed by atoms with Gasteiger partial charge >= 0.3 is 0 Å². The second-order valence-electron chi connectivity index (χ2n) is 5.40. The Morgan fingerprint density at radius 1 is 1.38 bits per heavy atom. The summed E-state index contributed by atoms with van der Waals surface area (Å²) in [5, 5.41) is 3.29. The average Bonchev–Trinajstić information content (AvgIpc) is 2.84. The molecule has 4 nitrogen and oxygen atoms in total. The fraction of sp³-hybridized carbons (Fsp3) is 0.917. The van der Waals surface area contributed by atoms with Gasteiger partial charge in [0.2, 0.25) is 5.91 Å². The molecule has 2 saturated heterocycles. The average molecular weight is 225 g/mol. The molecule has 2 rings (SSSR count). The fourth-order valence-corrected chi connectivity index (χ4v) is 2.92. The van der Waals surface area contributed by atoms with E-state index in [2.05, 4.69) is 31.2 Å². The minimum atomic E-state index is 0.0908. The van der Waals surface area contributed by atoms with Crippen LogP contribution in [0.5, 0.6) is 0 Å². The van der Waals surface area contributed by atoms with Gasteiger partial charge in [-0.3, -0.25) is 4.79 Å². The van der Waals surface area contributed by atoms with E-state index in [0.717, 1.165) is 32.5 Å². The van der Waals surface area contributed by atoms with Gasteiger partial charge in [0, 0.05) is 19.1 Å². The van der Waals surface area contributed by atoms with E-state index >= 15 is 0 Å². The van der Waals surface area contributed by atoms with Crippen molar-refractivity contribution < 1.29 is 4.79 Å². The summed E-state index contributed by atoms with van der Waals surface area (Å²) >= 11 is 0. The van der Waals surface area contributed by atoms with Crippen molar-refractivity contribution in [2.75, 3.05) is 33.7 Å². The van der Waals surface area contributed by atoms with Crippen LogP contribution in [-0.4, -0.2) is 61.5 Å². The number of carbonyl (C=O) groups is 1. The molecular weight excluding hydrogens is 202 g/mol. The van der Waals surface area contributed by atoms with E-state index in [-0.39, 0.29) is 6.04 Å². The molecule has 1 amide bonds. The first-order valence-corrected chi connectivity index (χ1v) is 6.28. The van der Waals surface area contributed by atoms with Gasteiger partial charge in [0.25, 0.3) is 0 Å². The third-order valence-electron chi connectivity index (χ3n) is 3.91. The zero-order valence-electron chi connectivity index (χ0n) is 10.6. The third-order valence-corrected chi connectivity index (χ3v) is 3.91. The Balaban J connectivity index is 1.94. The molecule has 2 unspecified atom stereocenters. The third kappa shape index (κ3) is 2.23. The Kier molecular flexibility index (Phi) is 3.50. The maximum absolute atomic E-state index is 12.2. The highest BCUT2D eigenvalue weighted by Gasteiger charge is 2.36. The minimum Gasteiger partial charge on any atom is -0.339 e. The summed E-state index contributed by atoms with van der Waals surface area (Å²) in [6.07, 6.45) is 2.15. The van der Waals surface area contributed by atoms with Crippen LogP contribution in [-0.2, 0) is 4.79 Å². The smallest absolute Gasteiger partial charge is 0.239 e. The largest absolute Gasteiger partial charge is 0.339 e. The second kappa shape index (κ2) is 4.72. The van der Waals surface area contributed by atoms with Crippen molar-refractivity contribution in [3.05, 3.63) is 0 Å². The van der Waals surface area contributed by atoms with Crippen LogP contribution >= 0.6 is 0 Å². The summed E-state index contributed by atoms with van der Waals surface area (Å²) in [5.74, 6) is 0.897. The molecule has 2 aliphatic heterocycles. The van der Waals surface area contributed by atoms with Crippen molar-refractivity contribution in [3.8, 4) is 0 Å². The highest BCUT2D eigenvalue weighted by atomic mass is 16.2. The second-order valence-corrected chi connectivity index (χ2v) is 5.40. The first kappa shape index (κ1) is 11.9. The molecule has 2 heterocycles. The van der Waals surface area contributed by atoms with Crippen LogP contribution in [0, 0.1) is 5.92 Å². The zero-order valence-corrected chi connectivity index (χ0v) is 10.6. The molecule has 0 aromatic heterocycles. The molecule has 0 aliphatic carbocycles. The predicted molar refractivity (Wildman–Crippen MR) is 64.2 cm³/mol. The first-order valence-electron chi connectivity index (χ1n) is 6.28. The molecule has 3 atom stereocenters. The maximum atomic E-state index is 12.2. The van der Waals surface area contributed by atoms with Gasteiger partial charge in [-0.05, 0) is 39.4 Å². The Labute approximate surface area is 98.0 Å². The lowest BCUT2D eigenvalue weighted by atomic mass is 10.1. The van der Waals surface area contributed by atoms with Gasteiger partial charge in [0.05, 0.1) is 6.04 Å². The van der Waals surface area contributed by atoms with Crippen molar-refractivity contribution >= 4 is 5.91 Å². The molecule has 16 heavy (non-hydrogen) atoms. The summed E-state index contributed by atoms with van der Waals surface area (Å²) in [6.45, 7) is 5.04. The van der Waals surface area contributed by atoms with Crippen molar-refractivity contribution in [3.63, 3.8) is 0 Å². The van der Waals surface area contributed by atoms with Gasteiger partial charge in [-0.2, -0.15) is 0 Å². The Bertz CT molecular complexity index is 261. The first-order chi connectivity index (χ1) is 7.59. The molecule has 0 aromatic carbocycles. The fourth-order valence-electron chi connectivity index (χ4n) is 2.92. The van der Waals surface area contributed by atoms with E-state index < -0.39 is 0 Å². The lowest BCUT2D eigenvalue weighted by Crippen LogP contribution is -2.43. The quantitative estimate of drug-likeness (QED) is 0.726. The van der Waals surface area contributed by atoms with Gasteiger partial charge in [-0.1, -0.05) is 6.92 Å². The normalized spacial score (nSPS) is 35.0. The Morgan fingerprint density at radius 3 is 2.62 bits per heavy atom. The Hall–Kier alpha value is -0.610. The maximum Gasteiger partial charge on any atom is 0.239 e. The number of likely N-dealkylation sites (N-methyl/N-ethyl adjacent to an activating group) is 1. The highest BCUT2D eigenvalue weighted by molar-refractivity contribution is 5.82. The van der Waals surface area contributed by atoms with Crippen LogP contribution in [0.2, 0.25) is 0 Å². The number of hydrogen-bond donors (Lipinski definition) is 1. The number of nitrogens with zero attached hydrogens (tertiary/aromatic N) is 2. The lowest BCUT2D eigenvalue weighted by Gasteiger charge is -2.23. The molecule has 0 radical (unpaired) electrons. The zero-order chi connectivity index (χ0) is 11.7. The van der Waals surface area contributed by atoms with E-state index in [1.807, 2.05) is 4.90 Å². The van der Waals surface area contributed by atoms with Crippen molar-refractivity contribution in [1.29, 1.82) is 0 Å². The standard InChI is InChI=1S/C12H23N3O/c1-9-7-15(8-11(9)14(2)3)12(16)10-5-4-6-13-10/h9-11,13H,4-8H2,1-3H3/t9?,10-,11?/m0/s1. The molecule has 92 valence electrons. The summed E-state index contributed by atoms with van der Waals surface area (Å²) in [5.41, 5.74) is 0. The summed E-state index contributed by atoms with van der Waals surface area (Å²) in [6, 6.07) is 0.610. The molecule has 4 heteroatoms. The van der Waals surface area contributed by atoms with Crippen LogP contribution in [0.15, 0.2) is 0 Å². The van der Waals surface area contributed by atoms with Gasteiger partial charge in [-0.25, -0.2) is 0 Å². The SMILES string of the molecule is CC1CN(C(=O)[C@@H]2CCCN2)CC1N(C)C. The van der Waals surface area contributed by atoms with Gasteiger partial charge in [0.1, 0.15) is 0 Å². The molecule has 0 saturated carbocycles. The van der Waals surface area contributed by atoms with Crippen LogP contribution in [0.25, 0.3) is 0 Å². The predicted octanol–water partition coefficient (Wildman–Crippen LogP) is 0.147. The van der Waals surface area contributed by atoms with Crippen molar-refractivity contribution in [1.82, 2.24) is 15.1 Å². The summed E-state index contributed by atoms with van der Waals surface area (Å²) in [4.78, 5) is 16.5. The highest BCUT2D eigenvalue weighted by Crippen LogP contribution is 2.21. The summed E-state index contributed by atoms with van der Waals surface area (Å²) < 4.78 is 0. The van der Waals surface area contributed by atoms with Crippen molar-refractivity contribution in [2.45, 2.75) is 31.8 Å². The van der Waals surface area contributed by atoms with E-state index in [4.69, 9.17) is 0 Å². The van der Waals surface area contributed by atoms with E-state index in [0.29, 0.717) is 17.9 Å². The number of likely N-dealkylation sites (tertiary alicyclic amines) is 1. The number of amides is 1. The van der Waals surface area contributed by atoms with Crippen LogP contribution in [0.1, 0.15) is 19.8 Å². The molecule has 2 fully saturated rings. The number of carbonyl (C=O) groups excluding carboxylic acids is 1.